The maximum Gasteiger partial charge on any atom is 0.192 e. The topological polar surface area (TPSA) is 66.8 Å². The van der Waals surface area contributed by atoms with Gasteiger partial charge in [0, 0.05) is 23.9 Å². The predicted octanol–water partition coefficient (Wildman–Crippen LogP) is 5.08. The summed E-state index contributed by atoms with van der Waals surface area (Å²) in [4.78, 5) is 12.7. The summed E-state index contributed by atoms with van der Waals surface area (Å²) in [6, 6.07) is 0. The van der Waals surface area contributed by atoms with E-state index in [-0.39, 0.29) is 15.9 Å². The second kappa shape index (κ2) is 7.13. The summed E-state index contributed by atoms with van der Waals surface area (Å²) >= 11 is 0. The highest BCUT2D eigenvalue weighted by atomic mass is 28.4. The molecule has 0 heterocycles. The molecular weight excluding hydrogens is 392 g/mol. The first-order chi connectivity index (χ1) is 13.8. The summed E-state index contributed by atoms with van der Waals surface area (Å²) in [5.74, 6) is 1.72. The predicted molar refractivity (Wildman–Crippen MR) is 122 cm³/mol. The van der Waals surface area contributed by atoms with Crippen LogP contribution in [0.4, 0.5) is 0 Å². The lowest BCUT2D eigenvalue weighted by Gasteiger charge is -2.65. The van der Waals surface area contributed by atoms with Crippen molar-refractivity contribution in [3.8, 4) is 0 Å². The van der Waals surface area contributed by atoms with Gasteiger partial charge in [-0.2, -0.15) is 0 Å². The Morgan fingerprint density at radius 1 is 1.07 bits per heavy atom. The van der Waals surface area contributed by atoms with Gasteiger partial charge in [0.15, 0.2) is 8.32 Å². The number of fused-ring (bicyclic) bond motifs is 5. The minimum Gasteiger partial charge on any atom is -0.416 e. The normalized spacial score (nSPS) is 46.9. The first kappa shape index (κ1) is 22.9. The van der Waals surface area contributed by atoms with E-state index in [2.05, 4.69) is 40.8 Å². The number of aliphatic hydroxyl groups is 2. The Kier molecular flexibility index (Phi) is 5.45. The molecule has 5 heteroatoms. The molecule has 0 aromatic rings. The maximum atomic E-state index is 12.7. The fourth-order valence-electron chi connectivity index (χ4n) is 7.68. The van der Waals surface area contributed by atoms with E-state index in [9.17, 15) is 15.0 Å². The molecule has 0 saturated heterocycles. The molecule has 4 aliphatic carbocycles. The van der Waals surface area contributed by atoms with Gasteiger partial charge in [0.25, 0.3) is 0 Å². The lowest BCUT2D eigenvalue weighted by Crippen LogP contribution is -2.69. The van der Waals surface area contributed by atoms with Gasteiger partial charge in [-0.25, -0.2) is 0 Å². The number of carbonyl (C=O) groups excluding carboxylic acids is 1. The molecule has 0 aromatic heterocycles. The monoisotopic (exact) mass is 436 g/mol. The van der Waals surface area contributed by atoms with Crippen molar-refractivity contribution in [2.75, 3.05) is 6.61 Å². The van der Waals surface area contributed by atoms with Crippen LogP contribution in [0.2, 0.25) is 18.1 Å². The van der Waals surface area contributed by atoms with Crippen molar-refractivity contribution < 1.29 is 19.4 Å². The number of Topliss-reactive ketones (excluding diaryl/α,β-unsaturated/α-hetero) is 1. The third kappa shape index (κ3) is 3.05. The van der Waals surface area contributed by atoms with E-state index in [1.165, 1.54) is 0 Å². The zero-order valence-corrected chi connectivity index (χ0v) is 21.1. The van der Waals surface area contributed by atoms with Crippen LogP contribution in [0.3, 0.4) is 0 Å². The molecule has 0 unspecified atom stereocenters. The van der Waals surface area contributed by atoms with Gasteiger partial charge in [0.2, 0.25) is 0 Å². The third-order valence-corrected chi connectivity index (χ3v) is 15.2. The number of aliphatic hydroxyl groups excluding tert-OH is 1. The molecule has 0 aliphatic heterocycles. The molecule has 4 rings (SSSR count). The van der Waals surface area contributed by atoms with Crippen LogP contribution in [0.15, 0.2) is 0 Å². The lowest BCUT2D eigenvalue weighted by atomic mass is 9.43. The average Bonchev–Trinajstić information content (AvgIpc) is 2.96. The fourth-order valence-corrected chi connectivity index (χ4v) is 8.74. The Labute approximate surface area is 184 Å². The zero-order valence-electron chi connectivity index (χ0n) is 20.1. The summed E-state index contributed by atoms with van der Waals surface area (Å²) in [6.07, 6.45) is 7.17. The largest absolute Gasteiger partial charge is 0.416 e. The highest BCUT2D eigenvalue weighted by molar-refractivity contribution is 6.74. The number of hydrogen-bond donors (Lipinski definition) is 2. The van der Waals surface area contributed by atoms with Gasteiger partial charge in [-0.05, 0) is 80.8 Å². The maximum absolute atomic E-state index is 12.7. The summed E-state index contributed by atoms with van der Waals surface area (Å²) in [7, 11) is -1.98. The summed E-state index contributed by atoms with van der Waals surface area (Å²) < 4.78 is 6.81. The molecule has 0 bridgehead atoms. The summed E-state index contributed by atoms with van der Waals surface area (Å²) in [6.45, 7) is 14.1. The molecule has 4 fully saturated rings. The van der Waals surface area contributed by atoms with Crippen LogP contribution in [0.25, 0.3) is 0 Å². The molecular formula is C25H44O4Si. The minimum atomic E-state index is -1.98. The Morgan fingerprint density at radius 2 is 1.77 bits per heavy atom. The van der Waals surface area contributed by atoms with E-state index in [4.69, 9.17) is 4.43 Å². The molecule has 172 valence electrons. The molecule has 0 radical (unpaired) electrons. The van der Waals surface area contributed by atoms with Crippen molar-refractivity contribution in [1.29, 1.82) is 0 Å². The second-order valence-corrected chi connectivity index (χ2v) is 17.7. The van der Waals surface area contributed by atoms with E-state index >= 15 is 0 Å². The van der Waals surface area contributed by atoms with Crippen molar-refractivity contribution in [3.63, 3.8) is 0 Å². The van der Waals surface area contributed by atoms with Crippen molar-refractivity contribution in [3.05, 3.63) is 0 Å². The third-order valence-electron chi connectivity index (χ3n) is 10.7. The van der Waals surface area contributed by atoms with Gasteiger partial charge in [-0.3, -0.25) is 4.79 Å². The lowest BCUT2D eigenvalue weighted by molar-refractivity contribution is -0.260. The molecule has 30 heavy (non-hydrogen) atoms. The molecule has 4 nitrogen and oxygen atoms in total. The molecule has 0 spiro atoms. The van der Waals surface area contributed by atoms with Crippen LogP contribution in [0.1, 0.15) is 85.5 Å². The van der Waals surface area contributed by atoms with Gasteiger partial charge in [0.1, 0.15) is 5.78 Å². The van der Waals surface area contributed by atoms with E-state index in [0.717, 1.165) is 44.9 Å². The van der Waals surface area contributed by atoms with E-state index in [1.807, 2.05) is 0 Å². The smallest absolute Gasteiger partial charge is 0.192 e. The van der Waals surface area contributed by atoms with E-state index in [1.54, 1.807) is 0 Å². The highest BCUT2D eigenvalue weighted by Gasteiger charge is 2.68. The van der Waals surface area contributed by atoms with Gasteiger partial charge in [-0.1, -0.05) is 34.1 Å². The average molecular weight is 437 g/mol. The van der Waals surface area contributed by atoms with Crippen molar-refractivity contribution in [1.82, 2.24) is 0 Å². The number of rotatable bonds is 3. The summed E-state index contributed by atoms with van der Waals surface area (Å²) in [5.41, 5.74) is -1.59. The Balaban J connectivity index is 1.70. The van der Waals surface area contributed by atoms with Crippen LogP contribution in [-0.2, 0) is 9.22 Å². The van der Waals surface area contributed by atoms with Crippen LogP contribution < -0.4 is 0 Å². The van der Waals surface area contributed by atoms with Crippen LogP contribution in [-0.4, -0.2) is 42.6 Å². The SMILES string of the molecule is CC(C)(C)[Si](C)(C)OC[C@]12CCC[C@@H](O)[C@]1(O)CC[C@@H]1[C@@H]2CC[C@]2(C)C(=O)CC[C@@H]12. The molecule has 4 aliphatic rings. The number of ketones is 1. The van der Waals surface area contributed by atoms with Crippen LogP contribution in [0, 0.1) is 28.6 Å². The van der Waals surface area contributed by atoms with Gasteiger partial charge in [-0.15, -0.1) is 0 Å². The molecule has 0 aromatic carbocycles. The van der Waals surface area contributed by atoms with Gasteiger partial charge >= 0.3 is 0 Å². The number of carbonyl (C=O) groups is 1. The van der Waals surface area contributed by atoms with E-state index in [0.29, 0.717) is 43.0 Å². The molecule has 7 atom stereocenters. The zero-order chi connectivity index (χ0) is 22.2. The fraction of sp³-hybridized carbons (Fsp3) is 0.960. The molecule has 0 amide bonds. The first-order valence-electron chi connectivity index (χ1n) is 12.4. The Bertz CT molecular complexity index is 700. The van der Waals surface area contributed by atoms with Crippen molar-refractivity contribution in [2.45, 2.75) is 115 Å². The van der Waals surface area contributed by atoms with Crippen molar-refractivity contribution >= 4 is 14.1 Å². The Hall–Kier alpha value is -0.233. The standard InChI is InChI=1S/C25H44O4Si/c1-22(2,3)30(5,6)29-16-24-13-7-8-21(27)25(24,28)15-11-17-18-9-10-20(26)23(18,4)14-12-19(17)24/h17-19,21,27-28H,7-16H2,1-6H3/t17-,18-,19-,21+,23-,24-,25+/m0/s1. The van der Waals surface area contributed by atoms with Crippen LogP contribution in [0.5, 0.6) is 0 Å². The van der Waals surface area contributed by atoms with Gasteiger partial charge < -0.3 is 14.6 Å². The minimum absolute atomic E-state index is 0.117. The second-order valence-electron chi connectivity index (χ2n) is 12.9. The van der Waals surface area contributed by atoms with Gasteiger partial charge in [0.05, 0.1) is 11.7 Å². The Morgan fingerprint density at radius 3 is 2.43 bits per heavy atom. The summed E-state index contributed by atoms with van der Waals surface area (Å²) in [5, 5.41) is 23.2. The van der Waals surface area contributed by atoms with Crippen LogP contribution >= 0.6 is 0 Å². The quantitative estimate of drug-likeness (QED) is 0.606. The highest BCUT2D eigenvalue weighted by Crippen LogP contribution is 2.67. The van der Waals surface area contributed by atoms with Crippen molar-refractivity contribution in [2.24, 2.45) is 28.6 Å². The first-order valence-corrected chi connectivity index (χ1v) is 15.3. The molecule has 2 N–H and O–H groups in total. The number of hydrogen-bond acceptors (Lipinski definition) is 4. The molecule has 4 saturated carbocycles. The van der Waals surface area contributed by atoms with E-state index < -0.39 is 20.0 Å².